The van der Waals surface area contributed by atoms with Gasteiger partial charge in [-0.3, -0.25) is 0 Å². The lowest BCUT2D eigenvalue weighted by molar-refractivity contribution is 0.384. The number of nitriles is 1. The van der Waals surface area contributed by atoms with Crippen molar-refractivity contribution in [2.24, 2.45) is 0 Å². The number of benzene rings is 2. The molecule has 0 bridgehead atoms. The van der Waals surface area contributed by atoms with Gasteiger partial charge in [0, 0.05) is 31.6 Å². The summed E-state index contributed by atoms with van der Waals surface area (Å²) in [5.41, 5.74) is 2.62. The molecule has 10 heteroatoms. The van der Waals surface area contributed by atoms with E-state index in [2.05, 4.69) is 10.00 Å². The number of halogens is 1. The highest BCUT2D eigenvalue weighted by Gasteiger charge is 2.30. The molecule has 8 nitrogen and oxygen atoms in total. The normalized spacial score (nSPS) is 15.3. The Morgan fingerprint density at radius 2 is 1.72 bits per heavy atom. The molecule has 2 aromatic heterocycles. The predicted molar refractivity (Wildman–Crippen MR) is 122 cm³/mol. The highest BCUT2D eigenvalue weighted by molar-refractivity contribution is 7.89. The van der Waals surface area contributed by atoms with Gasteiger partial charge in [0.25, 0.3) is 0 Å². The number of para-hydroxylation sites is 1. The molecule has 1 fully saturated rings. The molecule has 162 valence electrons. The molecule has 0 spiro atoms. The highest BCUT2D eigenvalue weighted by Crippen LogP contribution is 2.31. The summed E-state index contributed by atoms with van der Waals surface area (Å²) in [5.74, 6) is 0.769. The average molecular weight is 467 g/mol. The number of sulfonamides is 1. The minimum Gasteiger partial charge on any atom is -0.353 e. The number of hydrogen-bond donors (Lipinski definition) is 0. The first-order valence-corrected chi connectivity index (χ1v) is 11.9. The number of piperazine rings is 1. The zero-order valence-electron chi connectivity index (χ0n) is 17.2. The van der Waals surface area contributed by atoms with E-state index in [1.807, 2.05) is 37.3 Å². The molecule has 3 heterocycles. The van der Waals surface area contributed by atoms with Crippen LogP contribution in [0.2, 0.25) is 5.02 Å². The number of anilines is 1. The maximum absolute atomic E-state index is 13.0. The summed E-state index contributed by atoms with van der Waals surface area (Å²) in [6, 6.07) is 15.9. The van der Waals surface area contributed by atoms with Crippen molar-refractivity contribution in [1.82, 2.24) is 18.9 Å². The van der Waals surface area contributed by atoms with Crippen molar-refractivity contribution in [3.8, 4) is 6.07 Å². The van der Waals surface area contributed by atoms with E-state index in [0.29, 0.717) is 48.1 Å². The van der Waals surface area contributed by atoms with Crippen LogP contribution in [-0.4, -0.2) is 53.5 Å². The summed E-state index contributed by atoms with van der Waals surface area (Å²) in [7, 11) is -3.63. The SMILES string of the molecule is Cc1nn2c(nc(N3CCN(S(=O)(=O)c4ccc(C#N)cc4)CC3)c3ccccc32)c1Cl. The summed E-state index contributed by atoms with van der Waals surface area (Å²) in [6.45, 7) is 3.49. The summed E-state index contributed by atoms with van der Waals surface area (Å²) < 4.78 is 29.3. The van der Waals surface area contributed by atoms with Gasteiger partial charge in [0.1, 0.15) is 10.8 Å². The van der Waals surface area contributed by atoms with E-state index >= 15 is 0 Å². The molecule has 4 aromatic rings. The zero-order chi connectivity index (χ0) is 22.5. The van der Waals surface area contributed by atoms with Gasteiger partial charge in [-0.25, -0.2) is 17.9 Å². The van der Waals surface area contributed by atoms with E-state index in [1.165, 1.54) is 28.6 Å². The molecule has 0 unspecified atom stereocenters. The lowest BCUT2D eigenvalue weighted by Crippen LogP contribution is -2.49. The fraction of sp³-hybridized carbons (Fsp3) is 0.227. The van der Waals surface area contributed by atoms with Crippen LogP contribution in [0.25, 0.3) is 16.6 Å². The molecule has 0 atom stereocenters. The number of fused-ring (bicyclic) bond motifs is 3. The van der Waals surface area contributed by atoms with Crippen LogP contribution in [0.3, 0.4) is 0 Å². The molecule has 0 amide bonds. The Labute approximate surface area is 190 Å². The minimum absolute atomic E-state index is 0.191. The molecule has 1 aliphatic heterocycles. The Balaban J connectivity index is 1.46. The molecule has 0 saturated carbocycles. The van der Waals surface area contributed by atoms with Crippen LogP contribution in [0.1, 0.15) is 11.3 Å². The number of aromatic nitrogens is 3. The standard InChI is InChI=1S/C22H19ClN6O2S/c1-15-20(23)22-25-21(18-4-2-3-5-19(18)29(22)26-15)27-10-12-28(13-11-27)32(30,31)17-8-6-16(14-24)7-9-17/h2-9H,10-13H2,1H3. The average Bonchev–Trinajstić information content (AvgIpc) is 3.12. The van der Waals surface area contributed by atoms with Crippen LogP contribution in [0.4, 0.5) is 5.82 Å². The van der Waals surface area contributed by atoms with Crippen molar-refractivity contribution in [1.29, 1.82) is 5.26 Å². The van der Waals surface area contributed by atoms with Crippen LogP contribution >= 0.6 is 11.6 Å². The second kappa shape index (κ2) is 7.74. The first-order chi connectivity index (χ1) is 15.4. The van der Waals surface area contributed by atoms with Crippen molar-refractivity contribution >= 4 is 44.0 Å². The molecule has 0 aliphatic carbocycles. The molecular formula is C22H19ClN6O2S. The van der Waals surface area contributed by atoms with Crippen LogP contribution in [0, 0.1) is 18.3 Å². The van der Waals surface area contributed by atoms with Crippen LogP contribution in [-0.2, 0) is 10.0 Å². The first-order valence-electron chi connectivity index (χ1n) is 10.1. The fourth-order valence-corrected chi connectivity index (χ4v) is 5.58. The van der Waals surface area contributed by atoms with Gasteiger partial charge in [0.05, 0.1) is 27.7 Å². The Hall–Kier alpha value is -3.19. The van der Waals surface area contributed by atoms with E-state index in [1.54, 1.807) is 4.52 Å². The Kier molecular flexibility index (Phi) is 5.01. The summed E-state index contributed by atoms with van der Waals surface area (Å²) >= 11 is 6.45. The van der Waals surface area contributed by atoms with E-state index in [-0.39, 0.29) is 4.90 Å². The summed E-state index contributed by atoms with van der Waals surface area (Å²) in [4.78, 5) is 7.09. The predicted octanol–water partition coefficient (Wildman–Crippen LogP) is 3.23. The smallest absolute Gasteiger partial charge is 0.243 e. The molecule has 32 heavy (non-hydrogen) atoms. The molecule has 0 radical (unpaired) electrons. The molecule has 2 aromatic carbocycles. The van der Waals surface area contributed by atoms with E-state index in [0.717, 1.165) is 16.7 Å². The van der Waals surface area contributed by atoms with Gasteiger partial charge in [-0.1, -0.05) is 23.7 Å². The summed E-state index contributed by atoms with van der Waals surface area (Å²) in [5, 5.41) is 14.9. The Morgan fingerprint density at radius 3 is 2.41 bits per heavy atom. The monoisotopic (exact) mass is 466 g/mol. The fourth-order valence-electron chi connectivity index (χ4n) is 4.00. The quantitative estimate of drug-likeness (QED) is 0.460. The van der Waals surface area contributed by atoms with Crippen molar-refractivity contribution in [2.45, 2.75) is 11.8 Å². The van der Waals surface area contributed by atoms with Crippen LogP contribution in [0.5, 0.6) is 0 Å². The van der Waals surface area contributed by atoms with Crippen LogP contribution < -0.4 is 4.90 Å². The Bertz CT molecular complexity index is 1480. The topological polar surface area (TPSA) is 94.6 Å². The number of rotatable bonds is 3. The third-order valence-electron chi connectivity index (χ3n) is 5.71. The van der Waals surface area contributed by atoms with Gasteiger partial charge >= 0.3 is 0 Å². The zero-order valence-corrected chi connectivity index (χ0v) is 18.8. The maximum Gasteiger partial charge on any atom is 0.243 e. The van der Waals surface area contributed by atoms with E-state index < -0.39 is 10.0 Å². The van der Waals surface area contributed by atoms with Crippen LogP contribution in [0.15, 0.2) is 53.4 Å². The van der Waals surface area contributed by atoms with Gasteiger partial charge in [-0.2, -0.15) is 14.7 Å². The van der Waals surface area contributed by atoms with Gasteiger partial charge in [0.2, 0.25) is 10.0 Å². The summed E-state index contributed by atoms with van der Waals surface area (Å²) in [6.07, 6.45) is 0. The lowest BCUT2D eigenvalue weighted by Gasteiger charge is -2.35. The highest BCUT2D eigenvalue weighted by atomic mass is 35.5. The first kappa shape index (κ1) is 20.7. The largest absolute Gasteiger partial charge is 0.353 e. The van der Waals surface area contributed by atoms with Gasteiger partial charge in [-0.15, -0.1) is 0 Å². The molecule has 1 saturated heterocycles. The van der Waals surface area contributed by atoms with Crippen molar-refractivity contribution in [3.63, 3.8) is 0 Å². The van der Waals surface area contributed by atoms with Crippen molar-refractivity contribution in [3.05, 3.63) is 64.8 Å². The maximum atomic E-state index is 13.0. The van der Waals surface area contributed by atoms with Gasteiger partial charge < -0.3 is 4.90 Å². The second-order valence-electron chi connectivity index (χ2n) is 7.61. The second-order valence-corrected chi connectivity index (χ2v) is 9.93. The third-order valence-corrected chi connectivity index (χ3v) is 8.06. The molecular weight excluding hydrogens is 448 g/mol. The minimum atomic E-state index is -3.63. The third kappa shape index (κ3) is 3.28. The van der Waals surface area contributed by atoms with E-state index in [4.69, 9.17) is 21.8 Å². The number of hydrogen-bond acceptors (Lipinski definition) is 6. The lowest BCUT2D eigenvalue weighted by atomic mass is 10.2. The van der Waals surface area contributed by atoms with E-state index in [9.17, 15) is 8.42 Å². The van der Waals surface area contributed by atoms with Gasteiger partial charge in [0.15, 0.2) is 5.65 Å². The van der Waals surface area contributed by atoms with Crippen molar-refractivity contribution in [2.75, 3.05) is 31.1 Å². The van der Waals surface area contributed by atoms with Gasteiger partial charge in [-0.05, 0) is 43.3 Å². The number of aryl methyl sites for hydroxylation is 1. The van der Waals surface area contributed by atoms with Crippen molar-refractivity contribution < 1.29 is 8.42 Å². The number of nitrogens with zero attached hydrogens (tertiary/aromatic N) is 6. The Morgan fingerprint density at radius 1 is 1.03 bits per heavy atom. The molecule has 1 aliphatic rings. The molecule has 5 rings (SSSR count). The molecule has 0 N–H and O–H groups in total.